The molecule has 21 heavy (non-hydrogen) atoms. The summed E-state index contributed by atoms with van der Waals surface area (Å²) in [6.07, 6.45) is 0.707. The number of carbonyl (C=O) groups is 1. The van der Waals surface area contributed by atoms with Crippen LogP contribution >= 0.6 is 0 Å². The summed E-state index contributed by atoms with van der Waals surface area (Å²) in [5.74, 6) is -2.56. The number of sulfonamides is 1. The van der Waals surface area contributed by atoms with Gasteiger partial charge in [-0.05, 0) is 31.0 Å². The van der Waals surface area contributed by atoms with Crippen LogP contribution in [0.5, 0.6) is 0 Å². The van der Waals surface area contributed by atoms with Gasteiger partial charge in [0.05, 0.1) is 22.6 Å². The zero-order valence-electron chi connectivity index (χ0n) is 11.8. The first-order valence-corrected chi connectivity index (χ1v) is 7.87. The summed E-state index contributed by atoms with van der Waals surface area (Å²) >= 11 is 0. The number of carboxylic acid groups (broad SMARTS) is 1. The molecule has 8 heteroatoms. The number of nitrogens with one attached hydrogen (secondary N) is 1. The van der Waals surface area contributed by atoms with Crippen molar-refractivity contribution in [3.8, 4) is 0 Å². The van der Waals surface area contributed by atoms with Gasteiger partial charge in [0.15, 0.2) is 0 Å². The molecule has 0 saturated carbocycles. The highest BCUT2D eigenvalue weighted by Gasteiger charge is 2.32. The van der Waals surface area contributed by atoms with E-state index in [-0.39, 0.29) is 4.90 Å². The molecule has 0 aliphatic rings. The van der Waals surface area contributed by atoms with Crippen molar-refractivity contribution in [3.05, 3.63) is 29.6 Å². The van der Waals surface area contributed by atoms with Crippen molar-refractivity contribution in [2.45, 2.75) is 37.1 Å². The molecule has 0 fully saturated rings. The van der Waals surface area contributed by atoms with Gasteiger partial charge >= 0.3 is 5.97 Å². The van der Waals surface area contributed by atoms with E-state index in [1.165, 1.54) is 0 Å². The number of benzene rings is 1. The molecule has 1 aromatic rings. The maximum atomic E-state index is 13.3. The quantitative estimate of drug-likeness (QED) is 0.704. The molecule has 0 aliphatic carbocycles. The second-order valence-electron chi connectivity index (χ2n) is 4.70. The van der Waals surface area contributed by atoms with E-state index in [1.54, 1.807) is 13.8 Å². The van der Waals surface area contributed by atoms with Gasteiger partial charge in [-0.3, -0.25) is 0 Å². The fourth-order valence-corrected chi connectivity index (χ4v) is 3.39. The van der Waals surface area contributed by atoms with Gasteiger partial charge in [0, 0.05) is 0 Å². The Kier molecular flexibility index (Phi) is 5.43. The summed E-state index contributed by atoms with van der Waals surface area (Å²) in [4.78, 5) is 10.5. The minimum absolute atomic E-state index is 0.353. The molecule has 0 amide bonds. The molecule has 1 aromatic carbocycles. The van der Waals surface area contributed by atoms with E-state index in [0.29, 0.717) is 12.8 Å². The third kappa shape index (κ3) is 3.78. The number of aliphatic hydroxyl groups excluding tert-OH is 1. The second kappa shape index (κ2) is 6.50. The number of aliphatic hydroxyl groups is 1. The van der Waals surface area contributed by atoms with Crippen LogP contribution in [0.25, 0.3) is 0 Å². The Hall–Kier alpha value is -1.51. The van der Waals surface area contributed by atoms with Crippen molar-refractivity contribution in [1.29, 1.82) is 0 Å². The largest absolute Gasteiger partial charge is 0.478 e. The molecule has 0 unspecified atom stereocenters. The predicted octanol–water partition coefficient (Wildman–Crippen LogP) is 1.35. The fourth-order valence-electron chi connectivity index (χ4n) is 1.83. The number of hydrogen-bond acceptors (Lipinski definition) is 4. The first kappa shape index (κ1) is 17.5. The van der Waals surface area contributed by atoms with E-state index >= 15 is 0 Å². The Morgan fingerprint density at radius 2 is 1.90 bits per heavy atom. The van der Waals surface area contributed by atoms with E-state index in [9.17, 15) is 22.7 Å². The van der Waals surface area contributed by atoms with Crippen LogP contribution in [0.15, 0.2) is 23.1 Å². The summed E-state index contributed by atoms with van der Waals surface area (Å²) in [6.45, 7) is 3.04. The number of rotatable bonds is 7. The molecular formula is C13H18FNO5S. The Bertz CT molecular complexity index is 617. The van der Waals surface area contributed by atoms with Gasteiger partial charge in [-0.15, -0.1) is 0 Å². The number of halogens is 1. The lowest BCUT2D eigenvalue weighted by Crippen LogP contribution is -2.50. The number of carboxylic acids is 1. The second-order valence-corrected chi connectivity index (χ2v) is 6.38. The minimum Gasteiger partial charge on any atom is -0.478 e. The lowest BCUT2D eigenvalue weighted by Gasteiger charge is -2.30. The molecule has 0 bridgehead atoms. The van der Waals surface area contributed by atoms with Gasteiger partial charge in [0.2, 0.25) is 10.0 Å². The van der Waals surface area contributed by atoms with E-state index < -0.39 is 39.5 Å². The van der Waals surface area contributed by atoms with E-state index in [0.717, 1.165) is 18.2 Å². The lowest BCUT2D eigenvalue weighted by molar-refractivity contribution is 0.0691. The molecule has 0 heterocycles. The van der Waals surface area contributed by atoms with E-state index in [4.69, 9.17) is 5.11 Å². The SMILES string of the molecule is CCC(CC)(CO)NS(=O)(=O)c1ccc(F)c(C(=O)O)c1. The van der Waals surface area contributed by atoms with Gasteiger partial charge < -0.3 is 10.2 Å². The van der Waals surface area contributed by atoms with Crippen LogP contribution in [0, 0.1) is 5.82 Å². The van der Waals surface area contributed by atoms with Crippen LogP contribution in [0.4, 0.5) is 4.39 Å². The van der Waals surface area contributed by atoms with Crippen LogP contribution in [0.3, 0.4) is 0 Å². The number of hydrogen-bond donors (Lipinski definition) is 3. The van der Waals surface area contributed by atoms with Crippen molar-refractivity contribution in [2.24, 2.45) is 0 Å². The number of aromatic carboxylic acids is 1. The zero-order chi connectivity index (χ0) is 16.3. The molecule has 0 radical (unpaired) electrons. The van der Waals surface area contributed by atoms with Gasteiger partial charge in [-0.2, -0.15) is 0 Å². The Morgan fingerprint density at radius 3 is 2.33 bits per heavy atom. The van der Waals surface area contributed by atoms with Crippen molar-refractivity contribution >= 4 is 16.0 Å². The maximum Gasteiger partial charge on any atom is 0.338 e. The molecule has 0 aromatic heterocycles. The monoisotopic (exact) mass is 319 g/mol. The van der Waals surface area contributed by atoms with Crippen molar-refractivity contribution in [1.82, 2.24) is 4.72 Å². The summed E-state index contributed by atoms with van der Waals surface area (Å²) in [7, 11) is -4.07. The Balaban J connectivity index is 3.26. The topological polar surface area (TPSA) is 104 Å². The first-order chi connectivity index (χ1) is 9.71. The Labute approximate surface area is 122 Å². The van der Waals surface area contributed by atoms with Crippen LogP contribution in [-0.2, 0) is 10.0 Å². The normalized spacial score (nSPS) is 12.4. The minimum atomic E-state index is -4.07. The summed E-state index contributed by atoms with van der Waals surface area (Å²) in [5, 5.41) is 18.2. The molecule has 0 atom stereocenters. The van der Waals surface area contributed by atoms with Gasteiger partial charge in [-0.25, -0.2) is 22.3 Å². The van der Waals surface area contributed by atoms with E-state index in [2.05, 4.69) is 4.72 Å². The molecular weight excluding hydrogens is 301 g/mol. The van der Waals surface area contributed by atoms with Crippen LogP contribution in [-0.4, -0.2) is 36.7 Å². The van der Waals surface area contributed by atoms with Crippen LogP contribution in [0.2, 0.25) is 0 Å². The Morgan fingerprint density at radius 1 is 1.33 bits per heavy atom. The fraction of sp³-hybridized carbons (Fsp3) is 0.462. The highest BCUT2D eigenvalue weighted by molar-refractivity contribution is 7.89. The molecule has 0 aliphatic heterocycles. The van der Waals surface area contributed by atoms with Crippen molar-refractivity contribution in [3.63, 3.8) is 0 Å². The predicted molar refractivity (Wildman–Crippen MR) is 74.1 cm³/mol. The highest BCUT2D eigenvalue weighted by Crippen LogP contribution is 2.21. The molecule has 6 nitrogen and oxygen atoms in total. The average Bonchev–Trinajstić information content (AvgIpc) is 2.44. The maximum absolute atomic E-state index is 13.3. The van der Waals surface area contributed by atoms with Gasteiger partial charge in [0.1, 0.15) is 5.82 Å². The lowest BCUT2D eigenvalue weighted by atomic mass is 9.96. The van der Waals surface area contributed by atoms with Gasteiger partial charge in [0.25, 0.3) is 0 Å². The smallest absolute Gasteiger partial charge is 0.338 e. The third-order valence-corrected chi connectivity index (χ3v) is 5.06. The molecule has 0 spiro atoms. The summed E-state index contributed by atoms with van der Waals surface area (Å²) < 4.78 is 40.2. The molecule has 1 rings (SSSR count). The van der Waals surface area contributed by atoms with Gasteiger partial charge in [-0.1, -0.05) is 13.8 Å². The zero-order valence-corrected chi connectivity index (χ0v) is 12.6. The van der Waals surface area contributed by atoms with Crippen LogP contribution < -0.4 is 4.72 Å². The van der Waals surface area contributed by atoms with Crippen molar-refractivity contribution in [2.75, 3.05) is 6.61 Å². The molecule has 0 saturated heterocycles. The average molecular weight is 319 g/mol. The van der Waals surface area contributed by atoms with Crippen molar-refractivity contribution < 1.29 is 27.8 Å². The van der Waals surface area contributed by atoms with Crippen LogP contribution in [0.1, 0.15) is 37.0 Å². The summed E-state index contributed by atoms with van der Waals surface area (Å²) in [5.41, 5.74) is -1.75. The molecule has 3 N–H and O–H groups in total. The first-order valence-electron chi connectivity index (χ1n) is 6.39. The highest BCUT2D eigenvalue weighted by atomic mass is 32.2. The third-order valence-electron chi connectivity index (χ3n) is 3.49. The summed E-state index contributed by atoms with van der Waals surface area (Å²) in [6, 6.07) is 2.53. The standard InChI is InChI=1S/C13H18FNO5S/c1-3-13(4-2,8-16)15-21(19,20)9-5-6-11(14)10(7-9)12(17)18/h5-7,15-16H,3-4,8H2,1-2H3,(H,17,18). The molecule has 118 valence electrons. The van der Waals surface area contributed by atoms with E-state index in [1.807, 2.05) is 0 Å².